The van der Waals surface area contributed by atoms with E-state index in [0.717, 1.165) is 10.2 Å². The maximum atomic E-state index is 12.1. The molecule has 7 nitrogen and oxygen atoms in total. The molecule has 1 aromatic heterocycles. The van der Waals surface area contributed by atoms with Crippen molar-refractivity contribution in [1.82, 2.24) is 9.19 Å². The van der Waals surface area contributed by atoms with Crippen molar-refractivity contribution in [3.63, 3.8) is 0 Å². The van der Waals surface area contributed by atoms with E-state index in [0.29, 0.717) is 5.69 Å². The molecule has 1 aromatic carbocycles. The number of nitro groups is 1. The molecule has 0 aliphatic heterocycles. The molecule has 94 valence electrons. The van der Waals surface area contributed by atoms with Gasteiger partial charge in [-0.2, -0.15) is 17.6 Å². The maximum Gasteiger partial charge on any atom is 0.283 e. The number of hydrogen-bond acceptors (Lipinski definition) is 5. The number of non-ortho nitro benzene ring substituents is 1. The smallest absolute Gasteiger partial charge is 0.258 e. The van der Waals surface area contributed by atoms with Crippen LogP contribution in [0.15, 0.2) is 41.4 Å². The standard InChI is InChI=1S/C10H9N3O4S/c1-8-5-6-12(11-8)18(16,17)10-4-2-3-9(7-10)13(14)15/h2-7H,1H3. The van der Waals surface area contributed by atoms with Crippen LogP contribution in [-0.4, -0.2) is 22.5 Å². The van der Waals surface area contributed by atoms with Crippen molar-refractivity contribution in [3.8, 4) is 0 Å². The first-order chi connectivity index (χ1) is 8.41. The Morgan fingerprint density at radius 2 is 2.06 bits per heavy atom. The third-order valence-electron chi connectivity index (χ3n) is 2.27. The number of hydrogen-bond donors (Lipinski definition) is 0. The lowest BCUT2D eigenvalue weighted by Crippen LogP contribution is -2.13. The second-order valence-electron chi connectivity index (χ2n) is 3.59. The Labute approximate surface area is 103 Å². The molecule has 1 heterocycles. The van der Waals surface area contributed by atoms with Crippen LogP contribution in [0.25, 0.3) is 0 Å². The molecular weight excluding hydrogens is 258 g/mol. The van der Waals surface area contributed by atoms with E-state index in [1.807, 2.05) is 0 Å². The van der Waals surface area contributed by atoms with E-state index in [1.165, 1.54) is 30.5 Å². The van der Waals surface area contributed by atoms with Gasteiger partial charge in [-0.15, -0.1) is 0 Å². The van der Waals surface area contributed by atoms with Gasteiger partial charge in [0.25, 0.3) is 15.7 Å². The van der Waals surface area contributed by atoms with Crippen molar-refractivity contribution in [1.29, 1.82) is 0 Å². The predicted molar refractivity (Wildman–Crippen MR) is 62.6 cm³/mol. The first kappa shape index (κ1) is 12.2. The highest BCUT2D eigenvalue weighted by Gasteiger charge is 2.20. The fourth-order valence-corrected chi connectivity index (χ4v) is 2.59. The van der Waals surface area contributed by atoms with Crippen molar-refractivity contribution >= 4 is 15.7 Å². The number of aromatic nitrogens is 2. The van der Waals surface area contributed by atoms with Gasteiger partial charge in [0.15, 0.2) is 0 Å². The normalized spacial score (nSPS) is 11.4. The van der Waals surface area contributed by atoms with Crippen LogP contribution in [0.4, 0.5) is 5.69 Å². The fourth-order valence-electron chi connectivity index (χ4n) is 1.39. The Morgan fingerprint density at radius 3 is 2.61 bits per heavy atom. The summed E-state index contributed by atoms with van der Waals surface area (Å²) >= 11 is 0. The van der Waals surface area contributed by atoms with Gasteiger partial charge in [-0.3, -0.25) is 10.1 Å². The van der Waals surface area contributed by atoms with Crippen LogP contribution in [0.5, 0.6) is 0 Å². The van der Waals surface area contributed by atoms with Gasteiger partial charge >= 0.3 is 0 Å². The lowest BCUT2D eigenvalue weighted by Gasteiger charge is -2.03. The summed E-state index contributed by atoms with van der Waals surface area (Å²) in [5.74, 6) is 0. The second kappa shape index (κ2) is 4.22. The summed E-state index contributed by atoms with van der Waals surface area (Å²) in [4.78, 5) is 9.80. The molecule has 0 saturated carbocycles. The Kier molecular flexibility index (Phi) is 2.87. The Bertz CT molecular complexity index is 705. The summed E-state index contributed by atoms with van der Waals surface area (Å²) in [6.45, 7) is 1.65. The summed E-state index contributed by atoms with van der Waals surface area (Å²) in [7, 11) is -3.87. The molecule has 0 N–H and O–H groups in total. The number of nitrogens with zero attached hydrogens (tertiary/aromatic N) is 3. The van der Waals surface area contributed by atoms with Gasteiger partial charge in [0, 0.05) is 18.3 Å². The van der Waals surface area contributed by atoms with Gasteiger partial charge in [-0.1, -0.05) is 6.07 Å². The van der Waals surface area contributed by atoms with Crippen molar-refractivity contribution in [2.75, 3.05) is 0 Å². The van der Waals surface area contributed by atoms with Crippen LogP contribution in [0.3, 0.4) is 0 Å². The van der Waals surface area contributed by atoms with Gasteiger partial charge in [-0.25, -0.2) is 0 Å². The van der Waals surface area contributed by atoms with E-state index in [-0.39, 0.29) is 10.6 Å². The van der Waals surface area contributed by atoms with Crippen molar-refractivity contribution < 1.29 is 13.3 Å². The van der Waals surface area contributed by atoms with E-state index >= 15 is 0 Å². The van der Waals surface area contributed by atoms with Gasteiger partial charge < -0.3 is 0 Å². The van der Waals surface area contributed by atoms with Crippen LogP contribution in [-0.2, 0) is 10.0 Å². The van der Waals surface area contributed by atoms with Crippen LogP contribution < -0.4 is 0 Å². The number of nitro benzene ring substituents is 1. The highest BCUT2D eigenvalue weighted by molar-refractivity contribution is 7.89. The molecule has 0 fully saturated rings. The average molecular weight is 267 g/mol. The third kappa shape index (κ3) is 2.09. The number of aryl methyl sites for hydroxylation is 1. The molecule has 0 aliphatic carbocycles. The topological polar surface area (TPSA) is 95.1 Å². The lowest BCUT2D eigenvalue weighted by atomic mass is 10.3. The molecule has 2 rings (SSSR count). The summed E-state index contributed by atoms with van der Waals surface area (Å²) < 4.78 is 25.0. The van der Waals surface area contributed by atoms with Crippen LogP contribution in [0.1, 0.15) is 5.69 Å². The first-order valence-corrected chi connectivity index (χ1v) is 6.37. The summed E-state index contributed by atoms with van der Waals surface area (Å²) in [6, 6.07) is 6.38. The lowest BCUT2D eigenvalue weighted by molar-refractivity contribution is -0.385. The molecule has 0 unspecified atom stereocenters. The molecule has 0 radical (unpaired) electrons. The van der Waals surface area contributed by atoms with E-state index < -0.39 is 14.9 Å². The van der Waals surface area contributed by atoms with Gasteiger partial charge in [0.1, 0.15) is 0 Å². The summed E-state index contributed by atoms with van der Waals surface area (Å²) in [5, 5.41) is 14.4. The monoisotopic (exact) mass is 267 g/mol. The highest BCUT2D eigenvalue weighted by atomic mass is 32.2. The fraction of sp³-hybridized carbons (Fsp3) is 0.100. The van der Waals surface area contributed by atoms with E-state index in [1.54, 1.807) is 6.92 Å². The van der Waals surface area contributed by atoms with Gasteiger partial charge in [0.05, 0.1) is 15.5 Å². The largest absolute Gasteiger partial charge is 0.283 e. The highest BCUT2D eigenvalue weighted by Crippen LogP contribution is 2.19. The Morgan fingerprint density at radius 1 is 1.33 bits per heavy atom. The molecule has 0 amide bonds. The minimum atomic E-state index is -3.87. The molecule has 2 aromatic rings. The zero-order valence-corrected chi connectivity index (χ0v) is 10.2. The SMILES string of the molecule is Cc1ccn(S(=O)(=O)c2cccc([N+](=O)[O-])c2)n1. The van der Waals surface area contributed by atoms with Crippen LogP contribution in [0, 0.1) is 17.0 Å². The summed E-state index contributed by atoms with van der Waals surface area (Å²) in [6.07, 6.45) is 1.30. The Hall–Kier alpha value is -2.22. The minimum absolute atomic E-state index is 0.167. The van der Waals surface area contributed by atoms with Crippen molar-refractivity contribution in [3.05, 3.63) is 52.3 Å². The zero-order chi connectivity index (χ0) is 13.3. The summed E-state index contributed by atoms with van der Waals surface area (Å²) in [5.41, 5.74) is 0.268. The molecule has 0 atom stereocenters. The van der Waals surface area contributed by atoms with E-state index in [2.05, 4.69) is 5.10 Å². The van der Waals surface area contributed by atoms with Crippen LogP contribution in [0.2, 0.25) is 0 Å². The van der Waals surface area contributed by atoms with Gasteiger partial charge in [-0.05, 0) is 19.1 Å². The first-order valence-electron chi connectivity index (χ1n) is 4.93. The molecule has 8 heteroatoms. The van der Waals surface area contributed by atoms with Crippen molar-refractivity contribution in [2.24, 2.45) is 0 Å². The van der Waals surface area contributed by atoms with Gasteiger partial charge in [0.2, 0.25) is 0 Å². The third-order valence-corrected chi connectivity index (χ3v) is 3.82. The van der Waals surface area contributed by atoms with Crippen molar-refractivity contribution in [2.45, 2.75) is 11.8 Å². The van der Waals surface area contributed by atoms with E-state index in [4.69, 9.17) is 0 Å². The number of rotatable bonds is 3. The maximum absolute atomic E-state index is 12.1. The molecule has 0 aliphatic rings. The molecular formula is C10H9N3O4S. The average Bonchev–Trinajstić information content (AvgIpc) is 2.77. The molecule has 18 heavy (non-hydrogen) atoms. The Balaban J connectivity index is 2.54. The molecule has 0 spiro atoms. The second-order valence-corrected chi connectivity index (χ2v) is 5.38. The molecule has 0 bridgehead atoms. The number of benzene rings is 1. The quantitative estimate of drug-likeness (QED) is 0.617. The predicted octanol–water partition coefficient (Wildman–Crippen LogP) is 1.34. The molecule has 0 saturated heterocycles. The minimum Gasteiger partial charge on any atom is -0.258 e. The van der Waals surface area contributed by atoms with E-state index in [9.17, 15) is 18.5 Å². The zero-order valence-electron chi connectivity index (χ0n) is 9.35. The van der Waals surface area contributed by atoms with Crippen LogP contribution >= 0.6 is 0 Å².